The summed E-state index contributed by atoms with van der Waals surface area (Å²) < 4.78 is 10.7. The zero-order chi connectivity index (χ0) is 19.0. The summed E-state index contributed by atoms with van der Waals surface area (Å²) in [6, 6.07) is 6.23. The van der Waals surface area contributed by atoms with Crippen LogP contribution in [0.3, 0.4) is 0 Å². The Morgan fingerprint density at radius 3 is 2.50 bits per heavy atom. The van der Waals surface area contributed by atoms with Crippen LogP contribution < -0.4 is 4.74 Å². The third-order valence-corrected chi connectivity index (χ3v) is 4.47. The summed E-state index contributed by atoms with van der Waals surface area (Å²) in [5.74, 6) is -0.633. The highest BCUT2D eigenvalue weighted by atomic mass is 16.5. The maximum absolute atomic E-state index is 12.0. The number of amides is 1. The summed E-state index contributed by atoms with van der Waals surface area (Å²) in [5.41, 5.74) is 0.956. The van der Waals surface area contributed by atoms with Crippen LogP contribution in [0.2, 0.25) is 0 Å². The van der Waals surface area contributed by atoms with Crippen LogP contribution in [-0.4, -0.2) is 51.6 Å². The number of carbonyl (C=O) groups is 1. The monoisotopic (exact) mass is 361 g/mol. The summed E-state index contributed by atoms with van der Waals surface area (Å²) in [6.07, 6.45) is -1.08. The standard InChI is InChI=1S/C18H19NO7/c1-19(18(24)25-2)12-8-11-14(22)6-10(20)7-16(11)26-17(12)9-3-4-13(21)15(23)5-9/h3-7,12,17,20-23H,8H2,1-2H3/t12-,17+/m1/s1. The fourth-order valence-electron chi connectivity index (χ4n) is 3.09. The van der Waals surface area contributed by atoms with Gasteiger partial charge in [-0.05, 0) is 17.7 Å². The smallest absolute Gasteiger partial charge is 0.409 e. The largest absolute Gasteiger partial charge is 0.508 e. The molecule has 26 heavy (non-hydrogen) atoms. The van der Waals surface area contributed by atoms with E-state index in [9.17, 15) is 25.2 Å². The zero-order valence-corrected chi connectivity index (χ0v) is 14.2. The number of carbonyl (C=O) groups excluding carboxylic acids is 1. The van der Waals surface area contributed by atoms with Crippen molar-refractivity contribution in [2.24, 2.45) is 0 Å². The Kier molecular flexibility index (Phi) is 4.41. The molecule has 8 nitrogen and oxygen atoms in total. The van der Waals surface area contributed by atoms with Gasteiger partial charge in [-0.2, -0.15) is 0 Å². The lowest BCUT2D eigenvalue weighted by molar-refractivity contribution is 0.0531. The van der Waals surface area contributed by atoms with Gasteiger partial charge in [0.1, 0.15) is 23.4 Å². The second-order valence-corrected chi connectivity index (χ2v) is 6.08. The van der Waals surface area contributed by atoms with E-state index in [0.717, 1.165) is 0 Å². The molecule has 1 heterocycles. The van der Waals surface area contributed by atoms with E-state index < -0.39 is 18.2 Å². The number of ether oxygens (including phenoxy) is 2. The Bertz CT molecular complexity index is 852. The molecule has 0 radical (unpaired) electrons. The van der Waals surface area contributed by atoms with Crippen LogP contribution in [0.15, 0.2) is 30.3 Å². The number of nitrogens with zero attached hydrogens (tertiary/aromatic N) is 1. The van der Waals surface area contributed by atoms with Gasteiger partial charge in [0.05, 0.1) is 13.2 Å². The number of fused-ring (bicyclic) bond motifs is 1. The van der Waals surface area contributed by atoms with Gasteiger partial charge in [-0.15, -0.1) is 0 Å². The molecule has 0 aliphatic carbocycles. The quantitative estimate of drug-likeness (QED) is 0.606. The van der Waals surface area contributed by atoms with E-state index in [0.29, 0.717) is 11.1 Å². The van der Waals surface area contributed by atoms with E-state index in [4.69, 9.17) is 9.47 Å². The molecule has 1 amide bonds. The van der Waals surface area contributed by atoms with E-state index in [2.05, 4.69) is 0 Å². The molecule has 138 valence electrons. The predicted molar refractivity (Wildman–Crippen MR) is 90.6 cm³/mol. The van der Waals surface area contributed by atoms with Crippen molar-refractivity contribution in [3.8, 4) is 28.7 Å². The molecule has 3 rings (SSSR count). The third-order valence-electron chi connectivity index (χ3n) is 4.47. The van der Waals surface area contributed by atoms with Crippen molar-refractivity contribution in [1.82, 2.24) is 4.90 Å². The molecule has 0 aromatic heterocycles. The molecule has 2 aromatic rings. The first-order valence-electron chi connectivity index (χ1n) is 7.86. The van der Waals surface area contributed by atoms with Gasteiger partial charge in [0.15, 0.2) is 11.5 Å². The molecular formula is C18H19NO7. The summed E-state index contributed by atoms with van der Waals surface area (Å²) >= 11 is 0. The molecular weight excluding hydrogens is 342 g/mol. The SMILES string of the molecule is COC(=O)N(C)[C@@H]1Cc2c(O)cc(O)cc2O[C@H]1c1ccc(O)c(O)c1. The number of phenolic OH excluding ortho intramolecular Hbond substituents is 4. The Hall–Kier alpha value is -3.29. The number of hydrogen-bond acceptors (Lipinski definition) is 7. The molecule has 0 saturated heterocycles. The first kappa shape index (κ1) is 17.5. The lowest BCUT2D eigenvalue weighted by Crippen LogP contribution is -2.46. The molecule has 1 aliphatic rings. The van der Waals surface area contributed by atoms with Gasteiger partial charge in [-0.3, -0.25) is 0 Å². The third kappa shape index (κ3) is 3.01. The van der Waals surface area contributed by atoms with Gasteiger partial charge < -0.3 is 34.8 Å². The van der Waals surface area contributed by atoms with Crippen molar-refractivity contribution >= 4 is 6.09 Å². The van der Waals surface area contributed by atoms with Crippen LogP contribution in [0.1, 0.15) is 17.2 Å². The zero-order valence-electron chi connectivity index (χ0n) is 14.2. The van der Waals surface area contributed by atoms with Gasteiger partial charge in [0.2, 0.25) is 0 Å². The van der Waals surface area contributed by atoms with E-state index in [1.807, 2.05) is 0 Å². The van der Waals surface area contributed by atoms with E-state index in [-0.39, 0.29) is 35.2 Å². The molecule has 8 heteroatoms. The summed E-state index contributed by atoms with van der Waals surface area (Å²) in [6.45, 7) is 0. The van der Waals surface area contributed by atoms with Gasteiger partial charge >= 0.3 is 6.09 Å². The Balaban J connectivity index is 2.08. The van der Waals surface area contributed by atoms with Crippen molar-refractivity contribution in [1.29, 1.82) is 0 Å². The average molecular weight is 361 g/mol. The highest BCUT2D eigenvalue weighted by Gasteiger charge is 2.38. The predicted octanol–water partition coefficient (Wildman–Crippen LogP) is 2.25. The number of hydrogen-bond donors (Lipinski definition) is 4. The van der Waals surface area contributed by atoms with E-state index >= 15 is 0 Å². The first-order valence-corrected chi connectivity index (χ1v) is 7.86. The van der Waals surface area contributed by atoms with Crippen molar-refractivity contribution in [2.75, 3.05) is 14.2 Å². The molecule has 1 aliphatic heterocycles. The summed E-state index contributed by atoms with van der Waals surface area (Å²) in [7, 11) is 2.79. The van der Waals surface area contributed by atoms with Gasteiger partial charge in [-0.1, -0.05) is 6.07 Å². The maximum Gasteiger partial charge on any atom is 0.409 e. The van der Waals surface area contributed by atoms with Crippen molar-refractivity contribution < 1.29 is 34.7 Å². The highest BCUT2D eigenvalue weighted by Crippen LogP contribution is 2.44. The molecule has 0 unspecified atom stereocenters. The fraction of sp³-hybridized carbons (Fsp3) is 0.278. The van der Waals surface area contributed by atoms with Crippen LogP contribution in [0, 0.1) is 0 Å². The lowest BCUT2D eigenvalue weighted by atomic mass is 9.91. The van der Waals surface area contributed by atoms with Crippen LogP contribution in [0.25, 0.3) is 0 Å². The second-order valence-electron chi connectivity index (χ2n) is 6.08. The number of benzene rings is 2. The molecule has 0 spiro atoms. The Morgan fingerprint density at radius 1 is 1.12 bits per heavy atom. The van der Waals surface area contributed by atoms with E-state index in [1.54, 1.807) is 6.07 Å². The Labute approximate surface area is 149 Å². The minimum Gasteiger partial charge on any atom is -0.508 e. The summed E-state index contributed by atoms with van der Waals surface area (Å²) in [4.78, 5) is 13.4. The number of phenols is 4. The van der Waals surface area contributed by atoms with Crippen molar-refractivity contribution in [3.63, 3.8) is 0 Å². The maximum atomic E-state index is 12.0. The number of methoxy groups -OCH3 is 1. The van der Waals surface area contributed by atoms with Gasteiger partial charge in [-0.25, -0.2) is 4.79 Å². The minimum absolute atomic E-state index is 0.143. The van der Waals surface area contributed by atoms with Crippen molar-refractivity contribution in [2.45, 2.75) is 18.6 Å². The fourth-order valence-corrected chi connectivity index (χ4v) is 3.09. The first-order chi connectivity index (χ1) is 12.3. The normalized spacial score (nSPS) is 18.5. The molecule has 0 bridgehead atoms. The lowest BCUT2D eigenvalue weighted by Gasteiger charge is -2.38. The van der Waals surface area contributed by atoms with Crippen LogP contribution in [-0.2, 0) is 11.2 Å². The second kappa shape index (κ2) is 6.55. The topological polar surface area (TPSA) is 120 Å². The molecule has 0 fully saturated rings. The van der Waals surface area contributed by atoms with Gasteiger partial charge in [0, 0.05) is 31.2 Å². The van der Waals surface area contributed by atoms with E-state index in [1.165, 1.54) is 43.3 Å². The number of rotatable bonds is 2. The Morgan fingerprint density at radius 2 is 1.85 bits per heavy atom. The average Bonchev–Trinajstić information content (AvgIpc) is 2.61. The van der Waals surface area contributed by atoms with Crippen LogP contribution >= 0.6 is 0 Å². The van der Waals surface area contributed by atoms with Crippen LogP contribution in [0.5, 0.6) is 28.7 Å². The van der Waals surface area contributed by atoms with Crippen LogP contribution in [0.4, 0.5) is 4.79 Å². The number of likely N-dealkylation sites (N-methyl/N-ethyl adjacent to an activating group) is 1. The molecule has 2 atom stereocenters. The molecule has 2 aromatic carbocycles. The van der Waals surface area contributed by atoms with Crippen molar-refractivity contribution in [3.05, 3.63) is 41.5 Å². The number of aromatic hydroxyl groups is 4. The summed E-state index contributed by atoms with van der Waals surface area (Å²) in [5, 5.41) is 39.2. The minimum atomic E-state index is -0.723. The molecule has 0 saturated carbocycles. The highest BCUT2D eigenvalue weighted by molar-refractivity contribution is 5.68. The van der Waals surface area contributed by atoms with Gasteiger partial charge in [0.25, 0.3) is 0 Å². The molecule has 4 N–H and O–H groups in total.